The van der Waals surface area contributed by atoms with Crippen LogP contribution in [0.1, 0.15) is 16.7 Å². The number of aryl methyl sites for hydroxylation is 2. The van der Waals surface area contributed by atoms with E-state index in [2.05, 4.69) is 5.32 Å². The van der Waals surface area contributed by atoms with E-state index in [1.807, 2.05) is 32.9 Å². The molecule has 1 N–H and O–H groups in total. The predicted molar refractivity (Wildman–Crippen MR) is 117 cm³/mol. The number of rotatable bonds is 6. The average molecular weight is 409 g/mol. The maximum absolute atomic E-state index is 13.4. The Labute approximate surface area is 172 Å². The molecule has 150 valence electrons. The van der Waals surface area contributed by atoms with Crippen LogP contribution in [0.25, 0.3) is 0 Å². The third-order valence-corrected chi connectivity index (χ3v) is 6.57. The average Bonchev–Trinajstić information content (AvgIpc) is 2.69. The van der Waals surface area contributed by atoms with Gasteiger partial charge in [-0.25, -0.2) is 8.42 Å². The van der Waals surface area contributed by atoms with Crippen molar-refractivity contribution >= 4 is 27.3 Å². The van der Waals surface area contributed by atoms with Gasteiger partial charge in [0.15, 0.2) is 0 Å². The minimum atomic E-state index is -3.92. The van der Waals surface area contributed by atoms with E-state index in [0.717, 1.165) is 16.7 Å². The van der Waals surface area contributed by atoms with Crippen LogP contribution >= 0.6 is 0 Å². The Bertz CT molecular complexity index is 1110. The summed E-state index contributed by atoms with van der Waals surface area (Å²) in [5.74, 6) is -0.409. The SMILES string of the molecule is Cc1ccc(S(=O)(=O)N(CC(=O)Nc2ccccc2)c2cccc(C)c2C)cc1. The molecule has 0 aromatic heterocycles. The number of amides is 1. The Morgan fingerprint density at radius 3 is 2.17 bits per heavy atom. The van der Waals surface area contributed by atoms with Gasteiger partial charge in [0, 0.05) is 5.69 Å². The first-order chi connectivity index (χ1) is 13.8. The van der Waals surface area contributed by atoms with Gasteiger partial charge >= 0.3 is 0 Å². The lowest BCUT2D eigenvalue weighted by atomic mass is 10.1. The molecule has 0 aliphatic rings. The summed E-state index contributed by atoms with van der Waals surface area (Å²) in [6, 6.07) is 21.0. The molecule has 0 heterocycles. The summed E-state index contributed by atoms with van der Waals surface area (Å²) in [4.78, 5) is 12.9. The van der Waals surface area contributed by atoms with Crippen molar-refractivity contribution in [1.82, 2.24) is 0 Å². The third kappa shape index (κ3) is 4.66. The Balaban J connectivity index is 2.01. The van der Waals surface area contributed by atoms with Crippen molar-refractivity contribution < 1.29 is 13.2 Å². The van der Waals surface area contributed by atoms with Gasteiger partial charge in [0.1, 0.15) is 6.54 Å². The van der Waals surface area contributed by atoms with E-state index < -0.39 is 15.9 Å². The lowest BCUT2D eigenvalue weighted by Crippen LogP contribution is -2.38. The Morgan fingerprint density at radius 2 is 1.52 bits per heavy atom. The van der Waals surface area contributed by atoms with Crippen LogP contribution in [0.5, 0.6) is 0 Å². The number of benzene rings is 3. The van der Waals surface area contributed by atoms with Crippen LogP contribution in [0.3, 0.4) is 0 Å². The van der Waals surface area contributed by atoms with E-state index in [1.54, 1.807) is 60.7 Å². The van der Waals surface area contributed by atoms with E-state index >= 15 is 0 Å². The molecule has 0 saturated heterocycles. The molecule has 3 rings (SSSR count). The first-order valence-electron chi connectivity index (χ1n) is 9.29. The van der Waals surface area contributed by atoms with Gasteiger partial charge in [-0.15, -0.1) is 0 Å². The second-order valence-corrected chi connectivity index (χ2v) is 8.82. The zero-order valence-corrected chi connectivity index (χ0v) is 17.5. The van der Waals surface area contributed by atoms with Crippen molar-refractivity contribution in [3.05, 3.63) is 89.5 Å². The summed E-state index contributed by atoms with van der Waals surface area (Å²) >= 11 is 0. The zero-order chi connectivity index (χ0) is 21.0. The summed E-state index contributed by atoms with van der Waals surface area (Å²) in [5, 5.41) is 2.76. The molecule has 3 aromatic rings. The molecule has 3 aromatic carbocycles. The van der Waals surface area contributed by atoms with Crippen LogP contribution in [-0.2, 0) is 14.8 Å². The summed E-state index contributed by atoms with van der Waals surface area (Å²) in [6.45, 7) is 5.35. The Hall–Kier alpha value is -3.12. The van der Waals surface area contributed by atoms with Crippen molar-refractivity contribution in [1.29, 1.82) is 0 Å². The highest BCUT2D eigenvalue weighted by Crippen LogP contribution is 2.28. The van der Waals surface area contributed by atoms with Crippen LogP contribution in [0.2, 0.25) is 0 Å². The van der Waals surface area contributed by atoms with Gasteiger partial charge in [-0.05, 0) is 62.2 Å². The number of para-hydroxylation sites is 1. The number of hydrogen-bond acceptors (Lipinski definition) is 3. The van der Waals surface area contributed by atoms with Crippen LogP contribution in [0.4, 0.5) is 11.4 Å². The number of nitrogens with zero attached hydrogens (tertiary/aromatic N) is 1. The quantitative estimate of drug-likeness (QED) is 0.655. The van der Waals surface area contributed by atoms with E-state index in [-0.39, 0.29) is 11.4 Å². The maximum Gasteiger partial charge on any atom is 0.264 e. The van der Waals surface area contributed by atoms with Crippen molar-refractivity contribution in [2.45, 2.75) is 25.7 Å². The van der Waals surface area contributed by atoms with E-state index in [9.17, 15) is 13.2 Å². The number of carbonyl (C=O) groups is 1. The van der Waals surface area contributed by atoms with Gasteiger partial charge in [-0.1, -0.05) is 48.0 Å². The Kier molecular flexibility index (Phi) is 6.03. The van der Waals surface area contributed by atoms with Gasteiger partial charge in [-0.3, -0.25) is 9.10 Å². The first kappa shape index (κ1) is 20.6. The number of carbonyl (C=O) groups excluding carboxylic acids is 1. The monoisotopic (exact) mass is 408 g/mol. The summed E-state index contributed by atoms with van der Waals surface area (Å²) in [5.41, 5.74) is 3.84. The molecule has 1 amide bonds. The van der Waals surface area contributed by atoms with Gasteiger partial charge in [0.05, 0.1) is 10.6 Å². The highest BCUT2D eigenvalue weighted by molar-refractivity contribution is 7.92. The fourth-order valence-corrected chi connectivity index (χ4v) is 4.47. The van der Waals surface area contributed by atoms with Crippen LogP contribution in [0.15, 0.2) is 77.7 Å². The van der Waals surface area contributed by atoms with Crippen LogP contribution in [0, 0.1) is 20.8 Å². The standard InChI is InChI=1S/C23H24N2O3S/c1-17-12-14-21(15-13-17)29(27,28)25(22-11-7-8-18(2)19(22)3)16-23(26)24-20-9-5-4-6-10-20/h4-15H,16H2,1-3H3,(H,24,26). The number of anilines is 2. The van der Waals surface area contributed by atoms with Crippen LogP contribution < -0.4 is 9.62 Å². The fraction of sp³-hybridized carbons (Fsp3) is 0.174. The molecule has 0 radical (unpaired) electrons. The van der Waals surface area contributed by atoms with Crippen molar-refractivity contribution in [2.24, 2.45) is 0 Å². The molecular weight excluding hydrogens is 384 g/mol. The molecule has 0 unspecified atom stereocenters. The van der Waals surface area contributed by atoms with Crippen molar-refractivity contribution in [3.8, 4) is 0 Å². The lowest BCUT2D eigenvalue weighted by Gasteiger charge is -2.26. The van der Waals surface area contributed by atoms with Crippen molar-refractivity contribution in [3.63, 3.8) is 0 Å². The van der Waals surface area contributed by atoms with Gasteiger partial charge in [0.2, 0.25) is 5.91 Å². The fourth-order valence-electron chi connectivity index (χ4n) is 3.00. The summed E-state index contributed by atoms with van der Waals surface area (Å²) in [7, 11) is -3.92. The zero-order valence-electron chi connectivity index (χ0n) is 16.7. The molecule has 0 aliphatic heterocycles. The molecule has 29 heavy (non-hydrogen) atoms. The minimum Gasteiger partial charge on any atom is -0.325 e. The second kappa shape index (κ2) is 8.49. The maximum atomic E-state index is 13.4. The molecule has 5 nitrogen and oxygen atoms in total. The minimum absolute atomic E-state index is 0.150. The topological polar surface area (TPSA) is 66.5 Å². The van der Waals surface area contributed by atoms with E-state index in [1.165, 1.54) is 4.31 Å². The number of nitrogens with one attached hydrogen (secondary N) is 1. The molecule has 0 saturated carbocycles. The third-order valence-electron chi connectivity index (χ3n) is 4.80. The van der Waals surface area contributed by atoms with Gasteiger partial charge in [-0.2, -0.15) is 0 Å². The molecule has 6 heteroatoms. The van der Waals surface area contributed by atoms with E-state index in [0.29, 0.717) is 11.4 Å². The Morgan fingerprint density at radius 1 is 0.862 bits per heavy atom. The van der Waals surface area contributed by atoms with Gasteiger partial charge < -0.3 is 5.32 Å². The molecule has 0 bridgehead atoms. The molecule has 0 aliphatic carbocycles. The smallest absolute Gasteiger partial charge is 0.264 e. The second-order valence-electron chi connectivity index (χ2n) is 6.96. The molecule has 0 atom stereocenters. The summed E-state index contributed by atoms with van der Waals surface area (Å²) < 4.78 is 28.1. The summed E-state index contributed by atoms with van der Waals surface area (Å²) in [6.07, 6.45) is 0. The van der Waals surface area contributed by atoms with Crippen molar-refractivity contribution in [2.75, 3.05) is 16.2 Å². The highest BCUT2D eigenvalue weighted by atomic mass is 32.2. The number of sulfonamides is 1. The lowest BCUT2D eigenvalue weighted by molar-refractivity contribution is -0.114. The van der Waals surface area contributed by atoms with E-state index in [4.69, 9.17) is 0 Å². The molecule has 0 fully saturated rings. The van der Waals surface area contributed by atoms with Gasteiger partial charge in [0.25, 0.3) is 10.0 Å². The molecular formula is C23H24N2O3S. The normalized spacial score (nSPS) is 11.1. The predicted octanol–water partition coefficient (Wildman–Crippen LogP) is 4.45. The molecule has 0 spiro atoms. The van der Waals surface area contributed by atoms with Crippen LogP contribution in [-0.4, -0.2) is 20.9 Å². The first-order valence-corrected chi connectivity index (χ1v) is 10.7. The number of hydrogen-bond donors (Lipinski definition) is 1. The highest BCUT2D eigenvalue weighted by Gasteiger charge is 2.28. The largest absolute Gasteiger partial charge is 0.325 e.